The largest absolute Gasteiger partial charge is 0.465 e. The van der Waals surface area contributed by atoms with Crippen molar-refractivity contribution >= 4 is 29.5 Å². The molecule has 3 rings (SSSR count). The van der Waals surface area contributed by atoms with Crippen molar-refractivity contribution in [1.82, 2.24) is 9.78 Å². The van der Waals surface area contributed by atoms with Crippen molar-refractivity contribution in [3.05, 3.63) is 46.6 Å². The number of benzene rings is 1. The van der Waals surface area contributed by atoms with Crippen LogP contribution in [0.15, 0.2) is 24.3 Å². The predicted octanol–water partition coefficient (Wildman–Crippen LogP) is 2.40. The Morgan fingerprint density at radius 1 is 1.46 bits per heavy atom. The van der Waals surface area contributed by atoms with Crippen LogP contribution >= 0.6 is 11.8 Å². The van der Waals surface area contributed by atoms with E-state index in [1.807, 2.05) is 19.1 Å². The average molecular weight is 370 g/mol. The molecule has 0 saturated heterocycles. The maximum Gasteiger partial charge on any atom is 0.327 e. The van der Waals surface area contributed by atoms with Gasteiger partial charge in [0, 0.05) is 5.56 Å². The number of amides is 1. The van der Waals surface area contributed by atoms with Crippen LogP contribution in [0.3, 0.4) is 0 Å². The van der Waals surface area contributed by atoms with Crippen LogP contribution in [-0.2, 0) is 20.9 Å². The van der Waals surface area contributed by atoms with Gasteiger partial charge in [-0.3, -0.25) is 9.59 Å². The topological polar surface area (TPSA) is 97.0 Å². The quantitative estimate of drug-likeness (QED) is 0.830. The molecule has 1 aromatic carbocycles. The van der Waals surface area contributed by atoms with Gasteiger partial charge in [0.15, 0.2) is 0 Å². The van der Waals surface area contributed by atoms with E-state index < -0.39 is 5.97 Å². The highest BCUT2D eigenvalue weighted by Gasteiger charge is 2.30. The third-order valence-corrected chi connectivity index (χ3v) is 5.27. The van der Waals surface area contributed by atoms with Crippen molar-refractivity contribution in [2.45, 2.75) is 25.6 Å². The van der Waals surface area contributed by atoms with Crippen LogP contribution in [0.25, 0.3) is 0 Å². The first-order valence-electron chi connectivity index (χ1n) is 8.18. The Labute approximate surface area is 155 Å². The fourth-order valence-corrected chi connectivity index (χ4v) is 4.08. The van der Waals surface area contributed by atoms with Crippen LogP contribution in [0.5, 0.6) is 0 Å². The maximum absolute atomic E-state index is 12.2. The average Bonchev–Trinajstić information content (AvgIpc) is 2.80. The van der Waals surface area contributed by atoms with Gasteiger partial charge in [0.2, 0.25) is 5.91 Å². The van der Waals surface area contributed by atoms with Gasteiger partial charge < -0.3 is 10.1 Å². The van der Waals surface area contributed by atoms with E-state index in [4.69, 9.17) is 10.00 Å². The summed E-state index contributed by atoms with van der Waals surface area (Å²) in [4.78, 5) is 24.0. The van der Waals surface area contributed by atoms with Crippen LogP contribution in [0, 0.1) is 18.3 Å². The number of aryl methyl sites for hydroxylation is 1. The molecular weight excluding hydrogens is 352 g/mol. The number of aromatic nitrogens is 2. The molecule has 1 amide bonds. The number of esters is 1. The molecule has 7 nitrogen and oxygen atoms in total. The lowest BCUT2D eigenvalue weighted by atomic mass is 10.0. The molecule has 1 aliphatic heterocycles. The smallest absolute Gasteiger partial charge is 0.327 e. The third kappa shape index (κ3) is 3.58. The fourth-order valence-electron chi connectivity index (χ4n) is 2.89. The van der Waals surface area contributed by atoms with E-state index >= 15 is 0 Å². The molecule has 1 aromatic heterocycles. The molecular formula is C18H18N4O3S. The standard InChI is InChI=1S/C18H18N4O3S/c1-3-25-15(24)9-22-18-16(11(2)21-22)17(26-10-14(23)20-18)13-6-4-12(8-19)5-7-13/h4-7,17H,3,9-10H2,1-2H3,(H,20,23)/t17-/m1/s1. The van der Waals surface area contributed by atoms with Gasteiger partial charge in [-0.15, -0.1) is 11.8 Å². The number of rotatable bonds is 4. The normalized spacial score (nSPS) is 16.2. The summed E-state index contributed by atoms with van der Waals surface area (Å²) in [7, 11) is 0. The van der Waals surface area contributed by atoms with Gasteiger partial charge in [-0.2, -0.15) is 10.4 Å². The summed E-state index contributed by atoms with van der Waals surface area (Å²) < 4.78 is 6.48. The molecule has 0 saturated carbocycles. The highest BCUT2D eigenvalue weighted by Crippen LogP contribution is 2.43. The van der Waals surface area contributed by atoms with E-state index in [1.165, 1.54) is 16.4 Å². The lowest BCUT2D eigenvalue weighted by Gasteiger charge is -2.15. The molecule has 1 N–H and O–H groups in total. The highest BCUT2D eigenvalue weighted by atomic mass is 32.2. The second-order valence-electron chi connectivity index (χ2n) is 5.78. The number of hydrogen-bond donors (Lipinski definition) is 1. The van der Waals surface area contributed by atoms with Gasteiger partial charge >= 0.3 is 5.97 Å². The Morgan fingerprint density at radius 2 is 2.19 bits per heavy atom. The number of ether oxygens (including phenoxy) is 1. The molecule has 8 heteroatoms. The molecule has 0 fully saturated rings. The Bertz CT molecular complexity index is 883. The summed E-state index contributed by atoms with van der Waals surface area (Å²) in [6, 6.07) is 9.39. The summed E-state index contributed by atoms with van der Waals surface area (Å²) in [5, 5.41) is 16.2. The molecule has 0 bridgehead atoms. The minimum Gasteiger partial charge on any atom is -0.465 e. The summed E-state index contributed by atoms with van der Waals surface area (Å²) in [5.74, 6) is 0.272. The Morgan fingerprint density at radius 3 is 2.85 bits per heavy atom. The van der Waals surface area contributed by atoms with E-state index in [0.717, 1.165) is 16.8 Å². The molecule has 2 aromatic rings. The number of anilines is 1. The molecule has 1 aliphatic rings. The van der Waals surface area contributed by atoms with Crippen LogP contribution in [0.4, 0.5) is 5.82 Å². The number of carbonyl (C=O) groups is 2. The van der Waals surface area contributed by atoms with Crippen LogP contribution in [0.1, 0.15) is 34.6 Å². The zero-order valence-corrected chi connectivity index (χ0v) is 15.3. The molecule has 26 heavy (non-hydrogen) atoms. The van der Waals surface area contributed by atoms with Crippen molar-refractivity contribution in [1.29, 1.82) is 5.26 Å². The second-order valence-corrected chi connectivity index (χ2v) is 6.88. The number of hydrogen-bond acceptors (Lipinski definition) is 6. The zero-order chi connectivity index (χ0) is 18.7. The fraction of sp³-hybridized carbons (Fsp3) is 0.333. The molecule has 1 atom stereocenters. The van der Waals surface area contributed by atoms with Crippen LogP contribution in [-0.4, -0.2) is 34.0 Å². The second kappa shape index (κ2) is 7.62. The van der Waals surface area contributed by atoms with Gasteiger partial charge in [-0.25, -0.2) is 4.68 Å². The molecule has 0 spiro atoms. The summed E-state index contributed by atoms with van der Waals surface area (Å²) >= 11 is 1.49. The number of thioether (sulfide) groups is 1. The molecule has 134 valence electrons. The van der Waals surface area contributed by atoms with E-state index in [1.54, 1.807) is 19.1 Å². The van der Waals surface area contributed by atoms with E-state index in [-0.39, 0.29) is 30.1 Å². The first-order chi connectivity index (χ1) is 12.5. The van der Waals surface area contributed by atoms with Gasteiger partial charge in [0.25, 0.3) is 0 Å². The Kier molecular flexibility index (Phi) is 5.28. The molecule has 0 unspecified atom stereocenters. The monoisotopic (exact) mass is 370 g/mol. The molecule has 0 radical (unpaired) electrons. The van der Waals surface area contributed by atoms with Crippen LogP contribution < -0.4 is 5.32 Å². The molecule has 0 aliphatic carbocycles. The summed E-state index contributed by atoms with van der Waals surface area (Å²) in [5.41, 5.74) is 3.17. The first-order valence-corrected chi connectivity index (χ1v) is 9.22. The van der Waals surface area contributed by atoms with Crippen LogP contribution in [0.2, 0.25) is 0 Å². The zero-order valence-electron chi connectivity index (χ0n) is 14.5. The SMILES string of the molecule is CCOC(=O)Cn1nc(C)c2c1NC(=O)CS[C@@H]2c1ccc(C#N)cc1. The van der Waals surface area contributed by atoms with Crippen molar-refractivity contribution < 1.29 is 14.3 Å². The minimum absolute atomic E-state index is 0.0605. The number of nitrogens with zero attached hydrogens (tertiary/aromatic N) is 3. The number of carbonyl (C=O) groups excluding carboxylic acids is 2. The number of nitrogens with one attached hydrogen (secondary N) is 1. The van der Waals surface area contributed by atoms with Crippen molar-refractivity contribution in [2.24, 2.45) is 0 Å². The van der Waals surface area contributed by atoms with E-state index in [0.29, 0.717) is 11.4 Å². The first kappa shape index (κ1) is 18.0. The predicted molar refractivity (Wildman–Crippen MR) is 97.7 cm³/mol. The van der Waals surface area contributed by atoms with Gasteiger partial charge in [0.05, 0.1) is 34.9 Å². The van der Waals surface area contributed by atoms with Crippen molar-refractivity contribution in [3.63, 3.8) is 0 Å². The Hall–Kier alpha value is -2.79. The lowest BCUT2D eigenvalue weighted by Crippen LogP contribution is -2.20. The number of fused-ring (bicyclic) bond motifs is 1. The maximum atomic E-state index is 12.2. The molecule has 2 heterocycles. The highest BCUT2D eigenvalue weighted by molar-refractivity contribution is 8.00. The van der Waals surface area contributed by atoms with Gasteiger partial charge in [-0.1, -0.05) is 12.1 Å². The van der Waals surface area contributed by atoms with E-state index in [9.17, 15) is 9.59 Å². The van der Waals surface area contributed by atoms with Gasteiger partial charge in [-0.05, 0) is 31.5 Å². The third-order valence-electron chi connectivity index (χ3n) is 4.00. The van der Waals surface area contributed by atoms with Gasteiger partial charge in [0.1, 0.15) is 12.4 Å². The number of nitriles is 1. The van der Waals surface area contributed by atoms with Crippen molar-refractivity contribution in [2.75, 3.05) is 17.7 Å². The minimum atomic E-state index is -0.404. The summed E-state index contributed by atoms with van der Waals surface area (Å²) in [6.45, 7) is 3.83. The lowest BCUT2D eigenvalue weighted by molar-refractivity contribution is -0.144. The Balaban J connectivity index is 2.03. The van der Waals surface area contributed by atoms with Crippen molar-refractivity contribution in [3.8, 4) is 6.07 Å². The van der Waals surface area contributed by atoms with E-state index in [2.05, 4.69) is 16.5 Å². The summed E-state index contributed by atoms with van der Waals surface area (Å²) in [6.07, 6.45) is 0.